The van der Waals surface area contributed by atoms with Gasteiger partial charge in [0.25, 0.3) is 5.91 Å². The number of aromatic hydroxyl groups is 1. The van der Waals surface area contributed by atoms with Crippen molar-refractivity contribution in [2.45, 2.75) is 0 Å². The highest BCUT2D eigenvalue weighted by Crippen LogP contribution is 2.39. The molecule has 0 saturated carbocycles. The topological polar surface area (TPSA) is 70.9 Å². The van der Waals surface area contributed by atoms with Crippen LogP contribution in [0.2, 0.25) is 0 Å². The Labute approximate surface area is 148 Å². The fraction of sp³-hybridized carbons (Fsp3) is 0.0667. The van der Waals surface area contributed by atoms with Gasteiger partial charge in [-0.1, -0.05) is 0 Å². The SMILES string of the molecule is COc1cc(Br)c(Br)c(/C=N\NC(=O)c2ccc(F)cc2)c1O. The monoisotopic (exact) mass is 444 g/mol. The second kappa shape index (κ2) is 7.56. The lowest BCUT2D eigenvalue weighted by atomic mass is 10.2. The number of benzene rings is 2. The van der Waals surface area contributed by atoms with Crippen molar-refractivity contribution < 1.29 is 19.0 Å². The van der Waals surface area contributed by atoms with Gasteiger partial charge in [-0.2, -0.15) is 5.10 Å². The third-order valence-corrected chi connectivity index (χ3v) is 4.89. The van der Waals surface area contributed by atoms with Gasteiger partial charge in [0.1, 0.15) is 5.82 Å². The van der Waals surface area contributed by atoms with Gasteiger partial charge in [-0.25, -0.2) is 9.82 Å². The molecule has 0 aliphatic carbocycles. The second-order valence-corrected chi connectivity index (χ2v) is 5.99. The summed E-state index contributed by atoms with van der Waals surface area (Å²) in [4.78, 5) is 11.9. The molecule has 120 valence electrons. The van der Waals surface area contributed by atoms with E-state index in [0.29, 0.717) is 14.5 Å². The average molecular weight is 446 g/mol. The van der Waals surface area contributed by atoms with Crippen molar-refractivity contribution in [1.82, 2.24) is 5.43 Å². The maximum Gasteiger partial charge on any atom is 0.271 e. The third-order valence-electron chi connectivity index (χ3n) is 2.88. The maximum absolute atomic E-state index is 12.8. The van der Waals surface area contributed by atoms with Crippen molar-refractivity contribution in [3.05, 3.63) is 56.2 Å². The molecule has 0 aromatic heterocycles. The van der Waals surface area contributed by atoms with Crippen molar-refractivity contribution in [3.63, 3.8) is 0 Å². The molecular weight excluding hydrogens is 435 g/mol. The van der Waals surface area contributed by atoms with Crippen molar-refractivity contribution in [3.8, 4) is 11.5 Å². The molecule has 5 nitrogen and oxygen atoms in total. The Morgan fingerprint density at radius 3 is 2.61 bits per heavy atom. The number of carbonyl (C=O) groups excluding carboxylic acids is 1. The van der Waals surface area contributed by atoms with Crippen LogP contribution in [0.4, 0.5) is 4.39 Å². The first-order chi connectivity index (χ1) is 10.9. The summed E-state index contributed by atoms with van der Waals surface area (Å²) in [6.07, 6.45) is 1.27. The summed E-state index contributed by atoms with van der Waals surface area (Å²) in [5.74, 6) is -0.798. The van der Waals surface area contributed by atoms with E-state index in [-0.39, 0.29) is 17.1 Å². The number of phenols is 1. The quantitative estimate of drug-likeness (QED) is 0.555. The van der Waals surface area contributed by atoms with Crippen LogP contribution in [-0.4, -0.2) is 24.3 Å². The number of amides is 1. The lowest BCUT2D eigenvalue weighted by Gasteiger charge is -2.09. The van der Waals surface area contributed by atoms with Crippen molar-refractivity contribution in [2.24, 2.45) is 5.10 Å². The van der Waals surface area contributed by atoms with Crippen LogP contribution in [-0.2, 0) is 0 Å². The Morgan fingerprint density at radius 2 is 2.00 bits per heavy atom. The summed E-state index contributed by atoms with van der Waals surface area (Å²) < 4.78 is 19.1. The molecular formula is C15H11Br2FN2O3. The highest BCUT2D eigenvalue weighted by atomic mass is 79.9. The lowest BCUT2D eigenvalue weighted by Crippen LogP contribution is -2.17. The van der Waals surface area contributed by atoms with Gasteiger partial charge in [0.15, 0.2) is 11.5 Å². The normalized spacial score (nSPS) is 10.8. The number of nitrogens with zero attached hydrogens (tertiary/aromatic N) is 1. The third kappa shape index (κ3) is 4.08. The molecule has 0 aliphatic heterocycles. The number of hydrogen-bond donors (Lipinski definition) is 2. The first kappa shape index (κ1) is 17.4. The molecule has 0 heterocycles. The van der Waals surface area contributed by atoms with Crippen LogP contribution in [0.25, 0.3) is 0 Å². The molecule has 0 spiro atoms. The van der Waals surface area contributed by atoms with Gasteiger partial charge in [0.2, 0.25) is 0 Å². The van der Waals surface area contributed by atoms with Crippen molar-refractivity contribution in [1.29, 1.82) is 0 Å². The van der Waals surface area contributed by atoms with Gasteiger partial charge in [0, 0.05) is 14.5 Å². The first-order valence-electron chi connectivity index (χ1n) is 6.28. The summed E-state index contributed by atoms with van der Waals surface area (Å²) in [5, 5.41) is 13.9. The summed E-state index contributed by atoms with van der Waals surface area (Å²) in [7, 11) is 1.42. The molecule has 2 aromatic carbocycles. The molecule has 0 aliphatic rings. The number of nitrogens with one attached hydrogen (secondary N) is 1. The van der Waals surface area contributed by atoms with E-state index in [9.17, 15) is 14.3 Å². The van der Waals surface area contributed by atoms with Crippen LogP contribution < -0.4 is 10.2 Å². The molecule has 0 unspecified atom stereocenters. The van der Waals surface area contributed by atoms with E-state index in [1.807, 2.05) is 0 Å². The maximum atomic E-state index is 12.8. The van der Waals surface area contributed by atoms with E-state index in [4.69, 9.17) is 4.74 Å². The zero-order chi connectivity index (χ0) is 17.0. The van der Waals surface area contributed by atoms with Gasteiger partial charge >= 0.3 is 0 Å². The molecule has 0 saturated heterocycles. The van der Waals surface area contributed by atoms with E-state index in [2.05, 4.69) is 42.4 Å². The fourth-order valence-electron chi connectivity index (χ4n) is 1.71. The average Bonchev–Trinajstić information content (AvgIpc) is 2.54. The largest absolute Gasteiger partial charge is 0.504 e. The van der Waals surface area contributed by atoms with Gasteiger partial charge in [0.05, 0.1) is 18.9 Å². The Kier molecular flexibility index (Phi) is 5.73. The van der Waals surface area contributed by atoms with Crippen LogP contribution in [0.5, 0.6) is 11.5 Å². The highest BCUT2D eigenvalue weighted by Gasteiger charge is 2.14. The number of hydrazone groups is 1. The van der Waals surface area contributed by atoms with E-state index in [1.165, 1.54) is 37.6 Å². The number of methoxy groups -OCH3 is 1. The number of hydrogen-bond acceptors (Lipinski definition) is 4. The number of carbonyl (C=O) groups is 1. The van der Waals surface area contributed by atoms with Crippen LogP contribution >= 0.6 is 31.9 Å². The van der Waals surface area contributed by atoms with Gasteiger partial charge in [-0.3, -0.25) is 4.79 Å². The summed E-state index contributed by atoms with van der Waals surface area (Å²) in [6, 6.07) is 6.64. The minimum atomic E-state index is -0.501. The van der Waals surface area contributed by atoms with E-state index >= 15 is 0 Å². The molecule has 8 heteroatoms. The minimum Gasteiger partial charge on any atom is -0.504 e. The molecule has 2 aromatic rings. The first-order valence-corrected chi connectivity index (χ1v) is 7.86. The molecule has 0 fully saturated rings. The molecule has 0 bridgehead atoms. The lowest BCUT2D eigenvalue weighted by molar-refractivity contribution is 0.0955. The van der Waals surface area contributed by atoms with Crippen LogP contribution in [0, 0.1) is 5.82 Å². The van der Waals surface area contributed by atoms with E-state index in [0.717, 1.165) is 0 Å². The molecule has 2 N–H and O–H groups in total. The standard InChI is InChI=1S/C15H11Br2FN2O3/c1-23-12-6-11(16)13(17)10(14(12)21)7-19-20-15(22)8-2-4-9(18)5-3-8/h2-7,21H,1H3,(H,20,22)/b19-7-. The fourth-order valence-corrected chi connectivity index (χ4v) is 2.53. The molecule has 1 amide bonds. The highest BCUT2D eigenvalue weighted by molar-refractivity contribution is 9.13. The smallest absolute Gasteiger partial charge is 0.271 e. The van der Waals surface area contributed by atoms with Gasteiger partial charge in [-0.15, -0.1) is 0 Å². The van der Waals surface area contributed by atoms with Crippen LogP contribution in [0.15, 0.2) is 44.4 Å². The Bertz CT molecular complexity index is 764. The molecule has 0 radical (unpaired) electrons. The molecule has 2 rings (SSSR count). The number of halogens is 3. The predicted molar refractivity (Wildman–Crippen MR) is 91.5 cm³/mol. The molecule has 23 heavy (non-hydrogen) atoms. The summed E-state index contributed by atoms with van der Waals surface area (Å²) in [5.41, 5.74) is 2.89. The van der Waals surface area contributed by atoms with E-state index in [1.54, 1.807) is 6.07 Å². The zero-order valence-electron chi connectivity index (χ0n) is 11.8. The Balaban J connectivity index is 2.19. The van der Waals surface area contributed by atoms with Crippen molar-refractivity contribution in [2.75, 3.05) is 7.11 Å². The van der Waals surface area contributed by atoms with Gasteiger partial charge in [-0.05, 0) is 62.2 Å². The Morgan fingerprint density at radius 1 is 1.35 bits per heavy atom. The minimum absolute atomic E-state index is 0.123. The number of ether oxygens (including phenoxy) is 1. The zero-order valence-corrected chi connectivity index (χ0v) is 15.0. The van der Waals surface area contributed by atoms with Crippen LogP contribution in [0.1, 0.15) is 15.9 Å². The molecule has 0 atom stereocenters. The van der Waals surface area contributed by atoms with Crippen molar-refractivity contribution >= 4 is 44.0 Å². The van der Waals surface area contributed by atoms with Crippen LogP contribution in [0.3, 0.4) is 0 Å². The second-order valence-electron chi connectivity index (χ2n) is 4.34. The summed E-state index contributed by atoms with van der Waals surface area (Å²) >= 11 is 6.62. The number of rotatable bonds is 4. The Hall–Kier alpha value is -1.93. The van der Waals surface area contributed by atoms with Gasteiger partial charge < -0.3 is 9.84 Å². The number of phenolic OH excluding ortho intramolecular Hbond substituents is 1. The van der Waals surface area contributed by atoms with E-state index < -0.39 is 11.7 Å². The summed E-state index contributed by atoms with van der Waals surface area (Å²) in [6.45, 7) is 0. The predicted octanol–water partition coefficient (Wildman–Crippen LogP) is 3.83.